The fourth-order valence-electron chi connectivity index (χ4n) is 3.34. The number of rotatable bonds is 6. The lowest BCUT2D eigenvalue weighted by Gasteiger charge is -2.10. The minimum absolute atomic E-state index is 0.0592. The van der Waals surface area contributed by atoms with E-state index >= 15 is 0 Å². The van der Waals surface area contributed by atoms with E-state index in [1.807, 2.05) is 0 Å². The van der Waals surface area contributed by atoms with Crippen LogP contribution in [-0.2, 0) is 11.2 Å². The minimum Gasteiger partial charge on any atom is -0.343 e. The molecular weight excluding hydrogens is 539 g/mol. The van der Waals surface area contributed by atoms with Gasteiger partial charge >= 0.3 is 6.18 Å². The number of carbonyl (C=O) groups excluding carboxylic acids is 2. The normalized spacial score (nSPS) is 19.5. The highest BCUT2D eigenvalue weighted by molar-refractivity contribution is 6.53. The zero-order valence-electron chi connectivity index (χ0n) is 15.7. The summed E-state index contributed by atoms with van der Waals surface area (Å²) in [6, 6.07) is 6.42. The fraction of sp³-hybridized carbons (Fsp3) is 0.300. The molecule has 172 valence electrons. The maximum absolute atomic E-state index is 13.9. The van der Waals surface area contributed by atoms with Gasteiger partial charge in [-0.05, 0) is 35.4 Å². The number of nitrogens with one attached hydrogen (secondary N) is 1. The SMILES string of the molecule is O=C(NCC(F)(F)F)c1cc(CC(=O)C2C(c3cc(F)c(Cl)c(Cl)c3)C2(Cl)Cl)ccc1Cl. The van der Waals surface area contributed by atoms with Crippen molar-refractivity contribution in [3.63, 3.8) is 0 Å². The first kappa shape index (κ1) is 25.4. The van der Waals surface area contributed by atoms with Gasteiger partial charge in [0.1, 0.15) is 22.5 Å². The summed E-state index contributed by atoms with van der Waals surface area (Å²) in [4.78, 5) is 24.9. The molecule has 0 radical (unpaired) electrons. The number of alkyl halides is 5. The van der Waals surface area contributed by atoms with E-state index in [1.54, 1.807) is 5.32 Å². The summed E-state index contributed by atoms with van der Waals surface area (Å²) < 4.78 is 49.5. The summed E-state index contributed by atoms with van der Waals surface area (Å²) in [7, 11) is 0. The van der Waals surface area contributed by atoms with E-state index in [4.69, 9.17) is 58.0 Å². The van der Waals surface area contributed by atoms with Gasteiger partial charge in [-0.15, -0.1) is 23.2 Å². The molecule has 1 aliphatic rings. The molecule has 1 saturated carbocycles. The van der Waals surface area contributed by atoms with Gasteiger partial charge in [-0.2, -0.15) is 13.2 Å². The van der Waals surface area contributed by atoms with E-state index in [0.29, 0.717) is 11.1 Å². The number of amides is 1. The number of halogens is 9. The third-order valence-corrected chi connectivity index (χ3v) is 6.92. The smallest absolute Gasteiger partial charge is 0.343 e. The molecule has 2 aromatic carbocycles. The first-order valence-corrected chi connectivity index (χ1v) is 10.8. The molecule has 0 aromatic heterocycles. The highest BCUT2D eigenvalue weighted by atomic mass is 35.5. The molecular formula is C20H12Cl5F4NO2. The highest BCUT2D eigenvalue weighted by Gasteiger charge is 2.67. The first-order valence-electron chi connectivity index (χ1n) is 8.90. The molecule has 0 saturated heterocycles. The zero-order chi connectivity index (χ0) is 24.0. The molecule has 2 aromatic rings. The lowest BCUT2D eigenvalue weighted by atomic mass is 10.0. The van der Waals surface area contributed by atoms with Crippen LogP contribution in [0.5, 0.6) is 0 Å². The second-order valence-electron chi connectivity index (χ2n) is 7.18. The van der Waals surface area contributed by atoms with Gasteiger partial charge in [-0.1, -0.05) is 40.9 Å². The molecule has 32 heavy (non-hydrogen) atoms. The molecule has 12 heteroatoms. The molecule has 0 spiro atoms. The van der Waals surface area contributed by atoms with E-state index in [-0.39, 0.29) is 27.1 Å². The van der Waals surface area contributed by atoms with Crippen LogP contribution >= 0.6 is 58.0 Å². The predicted molar refractivity (Wildman–Crippen MR) is 116 cm³/mol. The Labute approximate surface area is 204 Å². The van der Waals surface area contributed by atoms with Crippen LogP contribution < -0.4 is 5.32 Å². The number of carbonyl (C=O) groups is 2. The Balaban J connectivity index is 1.77. The monoisotopic (exact) mass is 549 g/mol. The van der Waals surface area contributed by atoms with Gasteiger partial charge in [0.2, 0.25) is 0 Å². The van der Waals surface area contributed by atoms with Crippen LogP contribution in [0.15, 0.2) is 30.3 Å². The highest BCUT2D eigenvalue weighted by Crippen LogP contribution is 2.65. The summed E-state index contributed by atoms with van der Waals surface area (Å²) >= 11 is 30.0. The molecule has 1 amide bonds. The molecule has 2 unspecified atom stereocenters. The van der Waals surface area contributed by atoms with Gasteiger partial charge in [-0.3, -0.25) is 9.59 Å². The Morgan fingerprint density at radius 1 is 1.03 bits per heavy atom. The summed E-state index contributed by atoms with van der Waals surface area (Å²) in [5.74, 6) is -3.90. The molecule has 1 aliphatic carbocycles. The number of hydrogen-bond acceptors (Lipinski definition) is 2. The Hall–Kier alpha value is -1.25. The van der Waals surface area contributed by atoms with Crippen LogP contribution in [0.2, 0.25) is 15.1 Å². The average Bonchev–Trinajstić information content (AvgIpc) is 3.27. The van der Waals surface area contributed by atoms with E-state index in [1.165, 1.54) is 24.3 Å². The minimum atomic E-state index is -4.59. The molecule has 1 fully saturated rings. The van der Waals surface area contributed by atoms with Crippen molar-refractivity contribution in [3.05, 3.63) is 67.9 Å². The third-order valence-electron chi connectivity index (χ3n) is 4.87. The number of benzene rings is 2. The molecule has 3 rings (SSSR count). The maximum atomic E-state index is 13.9. The summed E-state index contributed by atoms with van der Waals surface area (Å²) in [5, 5.41) is 1.30. The maximum Gasteiger partial charge on any atom is 0.405 e. The van der Waals surface area contributed by atoms with Crippen molar-refractivity contribution in [2.45, 2.75) is 22.8 Å². The van der Waals surface area contributed by atoms with Crippen molar-refractivity contribution in [2.24, 2.45) is 5.92 Å². The van der Waals surface area contributed by atoms with Gasteiger partial charge < -0.3 is 5.32 Å². The van der Waals surface area contributed by atoms with Gasteiger partial charge in [0.05, 0.1) is 26.5 Å². The van der Waals surface area contributed by atoms with Crippen LogP contribution in [0.1, 0.15) is 27.4 Å². The molecule has 3 nitrogen and oxygen atoms in total. The Bertz CT molecular complexity index is 1070. The van der Waals surface area contributed by atoms with Crippen LogP contribution in [0, 0.1) is 11.7 Å². The second-order valence-corrected chi connectivity index (χ2v) is 9.82. The van der Waals surface area contributed by atoms with Crippen LogP contribution in [0.4, 0.5) is 17.6 Å². The van der Waals surface area contributed by atoms with Crippen LogP contribution in [0.3, 0.4) is 0 Å². The van der Waals surface area contributed by atoms with Gasteiger partial charge in [0, 0.05) is 12.3 Å². The molecule has 1 N–H and O–H groups in total. The van der Waals surface area contributed by atoms with Gasteiger partial charge in [0.15, 0.2) is 0 Å². The fourth-order valence-corrected chi connectivity index (χ4v) is 4.74. The van der Waals surface area contributed by atoms with Crippen LogP contribution in [-0.4, -0.2) is 28.7 Å². The van der Waals surface area contributed by atoms with Crippen molar-refractivity contribution < 1.29 is 27.2 Å². The largest absolute Gasteiger partial charge is 0.405 e. The summed E-state index contributed by atoms with van der Waals surface area (Å²) in [6.07, 6.45) is -4.83. The lowest BCUT2D eigenvalue weighted by Crippen LogP contribution is -2.33. The van der Waals surface area contributed by atoms with Crippen LogP contribution in [0.25, 0.3) is 0 Å². The van der Waals surface area contributed by atoms with Gasteiger partial charge in [-0.25, -0.2) is 4.39 Å². The molecule has 2 atom stereocenters. The number of hydrogen-bond donors (Lipinski definition) is 1. The molecule has 0 heterocycles. The molecule has 0 aliphatic heterocycles. The summed E-state index contributed by atoms with van der Waals surface area (Å²) in [5.41, 5.74) is 0.387. The van der Waals surface area contributed by atoms with E-state index in [2.05, 4.69) is 0 Å². The van der Waals surface area contributed by atoms with Crippen molar-refractivity contribution >= 4 is 69.7 Å². The second kappa shape index (κ2) is 9.18. The Morgan fingerprint density at radius 3 is 2.28 bits per heavy atom. The Morgan fingerprint density at radius 2 is 1.69 bits per heavy atom. The molecule has 0 bridgehead atoms. The first-order chi connectivity index (χ1) is 14.7. The Kier molecular flexibility index (Phi) is 7.28. The van der Waals surface area contributed by atoms with Gasteiger partial charge in [0.25, 0.3) is 5.91 Å². The van der Waals surface area contributed by atoms with Crippen molar-refractivity contribution in [3.8, 4) is 0 Å². The average molecular weight is 552 g/mol. The third kappa shape index (κ3) is 5.45. The van der Waals surface area contributed by atoms with Crippen molar-refractivity contribution in [1.29, 1.82) is 0 Å². The standard InChI is InChI=1S/C20H12Cl5F4NO2/c21-11-2-1-8(3-10(11)18(32)30-7-19(27,28)29)4-14(31)16-15(20(16,24)25)9-5-12(22)17(23)13(26)6-9/h1-3,5-6,15-16H,4,7H2,(H,30,32). The summed E-state index contributed by atoms with van der Waals surface area (Å²) in [6.45, 7) is -1.53. The van der Waals surface area contributed by atoms with E-state index in [9.17, 15) is 27.2 Å². The zero-order valence-corrected chi connectivity index (χ0v) is 19.5. The van der Waals surface area contributed by atoms with E-state index < -0.39 is 46.4 Å². The van der Waals surface area contributed by atoms with E-state index in [0.717, 1.165) is 6.07 Å². The number of Topliss-reactive ketones (excluding diaryl/α,β-unsaturated/α-hetero) is 1. The predicted octanol–water partition coefficient (Wildman–Crippen LogP) is 6.78. The number of ketones is 1. The van der Waals surface area contributed by atoms with Crippen molar-refractivity contribution in [1.82, 2.24) is 5.32 Å². The van der Waals surface area contributed by atoms with Crippen molar-refractivity contribution in [2.75, 3.05) is 6.54 Å². The quantitative estimate of drug-likeness (QED) is 0.245. The lowest BCUT2D eigenvalue weighted by molar-refractivity contribution is -0.123. The topological polar surface area (TPSA) is 46.2 Å².